The topological polar surface area (TPSA) is 100 Å². The molecule has 1 heterocycles. The maximum Gasteiger partial charge on any atom is 0.294 e. The quantitative estimate of drug-likeness (QED) is 0.520. The maximum atomic E-state index is 13.4. The monoisotopic (exact) mass is 389 g/mol. The zero-order valence-corrected chi connectivity index (χ0v) is 16.5. The predicted octanol–water partition coefficient (Wildman–Crippen LogP) is 2.02. The second-order valence-electron chi connectivity index (χ2n) is 6.80. The molecule has 0 radical (unpaired) electrons. The molecule has 150 valence electrons. The van der Waals surface area contributed by atoms with Crippen LogP contribution in [0.15, 0.2) is 18.2 Å². The Bertz CT molecular complexity index is 949. The molecule has 8 heteroatoms. The second kappa shape index (κ2) is 8.35. The summed E-state index contributed by atoms with van der Waals surface area (Å²) >= 11 is 0. The molecule has 28 heavy (non-hydrogen) atoms. The van der Waals surface area contributed by atoms with Gasteiger partial charge in [0.2, 0.25) is 0 Å². The van der Waals surface area contributed by atoms with Gasteiger partial charge in [-0.3, -0.25) is 14.4 Å². The van der Waals surface area contributed by atoms with Gasteiger partial charge in [-0.25, -0.2) is 4.39 Å². The van der Waals surface area contributed by atoms with E-state index in [0.717, 1.165) is 0 Å². The summed E-state index contributed by atoms with van der Waals surface area (Å²) in [5.41, 5.74) is 2.07. The standard InChI is InChI=1S/C20H24FN3O4/c1-10-8-14(6-7-15(10)21)23-19(27)16-12(3)17(24(5)13(16)4)18(26)20(28)22-11(2)9-25/h6-8,11,25H,9H2,1-5H3,(H,22,28)(H,23,27)/t11-/m0/s1. The number of aryl methyl sites for hydroxylation is 1. The van der Waals surface area contributed by atoms with Gasteiger partial charge in [0.15, 0.2) is 0 Å². The van der Waals surface area contributed by atoms with Crippen molar-refractivity contribution in [2.75, 3.05) is 11.9 Å². The maximum absolute atomic E-state index is 13.4. The van der Waals surface area contributed by atoms with Gasteiger partial charge >= 0.3 is 0 Å². The molecular formula is C20H24FN3O4. The third-order valence-corrected chi connectivity index (χ3v) is 4.65. The van der Waals surface area contributed by atoms with E-state index in [9.17, 15) is 18.8 Å². The number of aliphatic hydroxyl groups is 1. The summed E-state index contributed by atoms with van der Waals surface area (Å²) in [5, 5.41) is 14.1. The zero-order valence-electron chi connectivity index (χ0n) is 16.5. The van der Waals surface area contributed by atoms with Crippen molar-refractivity contribution in [3.8, 4) is 0 Å². The van der Waals surface area contributed by atoms with Gasteiger partial charge < -0.3 is 20.3 Å². The van der Waals surface area contributed by atoms with Crippen LogP contribution in [0.1, 0.15) is 44.6 Å². The van der Waals surface area contributed by atoms with E-state index in [1.54, 1.807) is 34.7 Å². The number of anilines is 1. The molecule has 0 saturated heterocycles. The number of hydrogen-bond acceptors (Lipinski definition) is 4. The Hall–Kier alpha value is -3.00. The number of Topliss-reactive ketones (excluding diaryl/α,β-unsaturated/α-hetero) is 1. The van der Waals surface area contributed by atoms with E-state index in [0.29, 0.717) is 22.5 Å². The van der Waals surface area contributed by atoms with Crippen molar-refractivity contribution < 1.29 is 23.9 Å². The minimum Gasteiger partial charge on any atom is -0.394 e. The van der Waals surface area contributed by atoms with Crippen LogP contribution in [-0.2, 0) is 11.8 Å². The van der Waals surface area contributed by atoms with Gasteiger partial charge in [0.05, 0.1) is 17.9 Å². The first-order valence-electron chi connectivity index (χ1n) is 8.77. The molecule has 2 rings (SSSR count). The fraction of sp³-hybridized carbons (Fsp3) is 0.350. The third kappa shape index (κ3) is 4.12. The molecule has 7 nitrogen and oxygen atoms in total. The molecule has 0 spiro atoms. The lowest BCUT2D eigenvalue weighted by molar-refractivity contribution is -0.117. The molecule has 2 amide bonds. The van der Waals surface area contributed by atoms with Gasteiger partial charge in [0, 0.05) is 24.5 Å². The summed E-state index contributed by atoms with van der Waals surface area (Å²) < 4.78 is 14.9. The molecule has 0 bridgehead atoms. The molecule has 1 aromatic carbocycles. The Labute approximate surface area is 162 Å². The molecule has 0 aliphatic heterocycles. The normalized spacial score (nSPS) is 11.8. The number of aliphatic hydroxyl groups excluding tert-OH is 1. The molecule has 3 N–H and O–H groups in total. The van der Waals surface area contributed by atoms with Gasteiger partial charge in [-0.15, -0.1) is 0 Å². The van der Waals surface area contributed by atoms with Crippen LogP contribution in [0.25, 0.3) is 0 Å². The van der Waals surface area contributed by atoms with Crippen molar-refractivity contribution >= 4 is 23.3 Å². The van der Waals surface area contributed by atoms with Gasteiger partial charge in [0.25, 0.3) is 17.6 Å². The lowest BCUT2D eigenvalue weighted by atomic mass is 10.1. The summed E-state index contributed by atoms with van der Waals surface area (Å²) in [6, 6.07) is 3.65. The van der Waals surface area contributed by atoms with E-state index >= 15 is 0 Å². The summed E-state index contributed by atoms with van der Waals surface area (Å²) in [6.45, 7) is 6.12. The summed E-state index contributed by atoms with van der Waals surface area (Å²) in [7, 11) is 1.59. The van der Waals surface area contributed by atoms with Crippen molar-refractivity contribution in [2.24, 2.45) is 7.05 Å². The smallest absolute Gasteiger partial charge is 0.294 e. The van der Waals surface area contributed by atoms with Crippen molar-refractivity contribution in [3.05, 3.63) is 52.1 Å². The molecule has 2 aromatic rings. The van der Waals surface area contributed by atoms with Crippen molar-refractivity contribution in [1.29, 1.82) is 0 Å². The number of benzene rings is 1. The summed E-state index contributed by atoms with van der Waals surface area (Å²) in [5.74, 6) is -2.48. The van der Waals surface area contributed by atoms with Crippen LogP contribution in [0.4, 0.5) is 10.1 Å². The minimum atomic E-state index is -0.855. The van der Waals surface area contributed by atoms with Crippen LogP contribution in [0.2, 0.25) is 0 Å². The van der Waals surface area contributed by atoms with E-state index in [-0.39, 0.29) is 23.7 Å². The number of carbonyl (C=O) groups is 3. The SMILES string of the molecule is Cc1cc(NC(=O)c2c(C)c(C(=O)C(=O)N[C@@H](C)CO)n(C)c2C)ccc1F. The summed E-state index contributed by atoms with van der Waals surface area (Å²) in [6.07, 6.45) is 0. The Morgan fingerprint density at radius 3 is 2.43 bits per heavy atom. The molecule has 0 unspecified atom stereocenters. The molecule has 0 aliphatic rings. The highest BCUT2D eigenvalue weighted by Crippen LogP contribution is 2.23. The van der Waals surface area contributed by atoms with Crippen LogP contribution in [-0.4, -0.2) is 39.9 Å². The lowest BCUT2D eigenvalue weighted by Gasteiger charge is -2.11. The van der Waals surface area contributed by atoms with Crippen LogP contribution >= 0.6 is 0 Å². The van der Waals surface area contributed by atoms with E-state index in [1.807, 2.05) is 0 Å². The largest absolute Gasteiger partial charge is 0.394 e. The second-order valence-corrected chi connectivity index (χ2v) is 6.80. The molecular weight excluding hydrogens is 365 g/mol. The average molecular weight is 389 g/mol. The number of carbonyl (C=O) groups excluding carboxylic acids is 3. The molecule has 1 aromatic heterocycles. The molecule has 0 fully saturated rings. The van der Waals surface area contributed by atoms with Crippen LogP contribution in [0.3, 0.4) is 0 Å². The Morgan fingerprint density at radius 2 is 1.86 bits per heavy atom. The number of hydrogen-bond donors (Lipinski definition) is 3. The highest BCUT2D eigenvalue weighted by molar-refractivity contribution is 6.43. The highest BCUT2D eigenvalue weighted by Gasteiger charge is 2.29. The number of amides is 2. The number of nitrogens with one attached hydrogen (secondary N) is 2. The molecule has 0 aliphatic carbocycles. The lowest BCUT2D eigenvalue weighted by Crippen LogP contribution is -2.40. The van der Waals surface area contributed by atoms with Crippen LogP contribution in [0, 0.1) is 26.6 Å². The van der Waals surface area contributed by atoms with Crippen molar-refractivity contribution in [2.45, 2.75) is 33.7 Å². The Kier molecular flexibility index (Phi) is 6.35. The van der Waals surface area contributed by atoms with Crippen molar-refractivity contribution in [1.82, 2.24) is 9.88 Å². The Morgan fingerprint density at radius 1 is 1.21 bits per heavy atom. The number of halogens is 1. The average Bonchev–Trinajstić information content (AvgIpc) is 2.86. The first-order valence-corrected chi connectivity index (χ1v) is 8.77. The number of rotatable bonds is 6. The fourth-order valence-electron chi connectivity index (χ4n) is 2.99. The third-order valence-electron chi connectivity index (χ3n) is 4.65. The molecule has 1 atom stereocenters. The number of nitrogens with zero attached hydrogens (tertiary/aromatic N) is 1. The van der Waals surface area contributed by atoms with Gasteiger partial charge in [-0.1, -0.05) is 0 Å². The summed E-state index contributed by atoms with van der Waals surface area (Å²) in [4.78, 5) is 37.5. The first-order chi connectivity index (χ1) is 13.1. The fourth-order valence-corrected chi connectivity index (χ4v) is 2.99. The van der Waals surface area contributed by atoms with E-state index < -0.39 is 23.6 Å². The highest BCUT2D eigenvalue weighted by atomic mass is 19.1. The van der Waals surface area contributed by atoms with Crippen LogP contribution in [0.5, 0.6) is 0 Å². The predicted molar refractivity (Wildman–Crippen MR) is 103 cm³/mol. The van der Waals surface area contributed by atoms with Crippen molar-refractivity contribution in [3.63, 3.8) is 0 Å². The molecule has 0 saturated carbocycles. The van der Waals surface area contributed by atoms with E-state index in [4.69, 9.17) is 5.11 Å². The van der Waals surface area contributed by atoms with E-state index in [1.165, 1.54) is 22.8 Å². The number of ketones is 1. The number of aromatic nitrogens is 1. The van der Waals surface area contributed by atoms with E-state index in [2.05, 4.69) is 10.6 Å². The minimum absolute atomic E-state index is 0.0978. The van der Waals surface area contributed by atoms with Gasteiger partial charge in [0.1, 0.15) is 5.82 Å². The first kappa shape index (κ1) is 21.3. The zero-order chi connectivity index (χ0) is 21.2. The van der Waals surface area contributed by atoms with Gasteiger partial charge in [-0.05, 0) is 57.0 Å². The van der Waals surface area contributed by atoms with Gasteiger partial charge in [-0.2, -0.15) is 0 Å². The Balaban J connectivity index is 2.35. The van der Waals surface area contributed by atoms with Crippen LogP contribution < -0.4 is 10.6 Å².